The van der Waals surface area contributed by atoms with Crippen LogP contribution in [0.15, 0.2) is 34.9 Å². The Morgan fingerprint density at radius 2 is 2.25 bits per heavy atom. The Kier molecular flexibility index (Phi) is 2.32. The molecule has 0 amide bonds. The van der Waals surface area contributed by atoms with Gasteiger partial charge < -0.3 is 0 Å². The van der Waals surface area contributed by atoms with E-state index in [2.05, 4.69) is 11.6 Å². The molecule has 0 radical (unpaired) electrons. The van der Waals surface area contributed by atoms with Gasteiger partial charge in [-0.15, -0.1) is 0 Å². The van der Waals surface area contributed by atoms with E-state index in [1.165, 1.54) is 0 Å². The molecule has 1 aliphatic rings. The molecular formula is C6H6ClP. The predicted molar refractivity (Wildman–Crippen MR) is 40.5 cm³/mol. The molecule has 0 N–H and O–H groups in total. The van der Waals surface area contributed by atoms with Crippen LogP contribution in [0.1, 0.15) is 0 Å². The van der Waals surface area contributed by atoms with E-state index in [1.54, 1.807) is 0 Å². The number of allylic oxidation sites excluding steroid dienone is 4. The maximum Gasteiger partial charge on any atom is 0.0406 e. The van der Waals surface area contributed by atoms with Gasteiger partial charge in [0, 0.05) is 5.03 Å². The molecule has 1 unspecified atom stereocenters. The average molecular weight is 145 g/mol. The summed E-state index contributed by atoms with van der Waals surface area (Å²) in [7, 11) is 0.783. The van der Waals surface area contributed by atoms with Crippen molar-refractivity contribution in [2.75, 3.05) is 0 Å². The minimum Gasteiger partial charge on any atom is -0.0843 e. The number of hydrogen-bond acceptors (Lipinski definition) is 0. The summed E-state index contributed by atoms with van der Waals surface area (Å²) in [6, 6.07) is 0. The molecule has 8 heavy (non-hydrogen) atoms. The van der Waals surface area contributed by atoms with Gasteiger partial charge in [0.05, 0.1) is 0 Å². The fourth-order valence-corrected chi connectivity index (χ4v) is 1.27. The Bertz CT molecular complexity index is 156. The van der Waals surface area contributed by atoms with Crippen molar-refractivity contribution in [3.05, 3.63) is 34.9 Å². The zero-order chi connectivity index (χ0) is 5.82. The van der Waals surface area contributed by atoms with Crippen LogP contribution in [0.2, 0.25) is 0 Å². The smallest absolute Gasteiger partial charge is 0.0406 e. The summed E-state index contributed by atoms with van der Waals surface area (Å²) < 4.78 is 0. The molecule has 0 nitrogen and oxygen atoms in total. The lowest BCUT2D eigenvalue weighted by atomic mass is 10.5. The number of hydrogen-bond donors (Lipinski definition) is 0. The highest BCUT2D eigenvalue weighted by Crippen LogP contribution is 2.19. The first kappa shape index (κ1) is 6.07. The minimum absolute atomic E-state index is 0.783. The van der Waals surface area contributed by atoms with Crippen LogP contribution in [0.25, 0.3) is 0 Å². The predicted octanol–water partition coefficient (Wildman–Crippen LogP) is 2.83. The minimum atomic E-state index is 0.783. The third-order valence-corrected chi connectivity index (χ3v) is 1.78. The number of rotatable bonds is 0. The summed E-state index contributed by atoms with van der Waals surface area (Å²) in [5.41, 5.74) is 0. The lowest BCUT2D eigenvalue weighted by molar-refractivity contribution is 1.90. The SMILES string of the molecule is ClC1=CC=CPC=C1. The zero-order valence-corrected chi connectivity index (χ0v) is 6.02. The Morgan fingerprint density at radius 1 is 1.38 bits per heavy atom. The molecule has 2 heteroatoms. The van der Waals surface area contributed by atoms with E-state index in [9.17, 15) is 0 Å². The summed E-state index contributed by atoms with van der Waals surface area (Å²) in [4.78, 5) is 0. The lowest BCUT2D eigenvalue weighted by Gasteiger charge is -1.77. The molecule has 1 heterocycles. The average Bonchev–Trinajstić information content (AvgIpc) is 1.94. The van der Waals surface area contributed by atoms with Crippen molar-refractivity contribution in [1.82, 2.24) is 0 Å². The van der Waals surface area contributed by atoms with Gasteiger partial charge in [0.25, 0.3) is 0 Å². The molecule has 1 rings (SSSR count). The summed E-state index contributed by atoms with van der Waals surface area (Å²) >= 11 is 5.65. The molecule has 0 bridgehead atoms. The largest absolute Gasteiger partial charge is 0.0843 e. The zero-order valence-electron chi connectivity index (χ0n) is 4.26. The summed E-state index contributed by atoms with van der Waals surface area (Å²) in [5, 5.41) is 0.811. The Labute approximate surface area is 55.7 Å². The van der Waals surface area contributed by atoms with Crippen LogP contribution in [-0.4, -0.2) is 0 Å². The standard InChI is InChI=1S/C6H6ClP/c7-6-2-1-4-8-5-3-6/h1-5,8H. The normalized spacial score (nSPS) is 20.9. The van der Waals surface area contributed by atoms with Crippen molar-refractivity contribution < 1.29 is 0 Å². The van der Waals surface area contributed by atoms with Crippen molar-refractivity contribution in [3.63, 3.8) is 0 Å². The monoisotopic (exact) mass is 144 g/mol. The van der Waals surface area contributed by atoms with Gasteiger partial charge in [0.15, 0.2) is 0 Å². The quantitative estimate of drug-likeness (QED) is 0.459. The summed E-state index contributed by atoms with van der Waals surface area (Å²) in [5.74, 6) is 4.15. The molecule has 0 saturated heterocycles. The first-order valence-corrected chi connectivity index (χ1v) is 3.88. The highest BCUT2D eigenvalue weighted by Gasteiger charge is 1.82. The van der Waals surface area contributed by atoms with Crippen LogP contribution in [0.5, 0.6) is 0 Å². The van der Waals surface area contributed by atoms with Gasteiger partial charge in [-0.05, 0) is 12.2 Å². The molecule has 0 aliphatic carbocycles. The van der Waals surface area contributed by atoms with Crippen molar-refractivity contribution in [3.8, 4) is 0 Å². The molecule has 1 atom stereocenters. The first-order chi connectivity index (χ1) is 3.89. The molecule has 0 spiro atoms. The highest BCUT2D eigenvalue weighted by molar-refractivity contribution is 7.45. The molecular weight excluding hydrogens is 138 g/mol. The van der Waals surface area contributed by atoms with Crippen LogP contribution >= 0.6 is 20.2 Å². The molecule has 0 saturated carbocycles. The maximum atomic E-state index is 5.65. The van der Waals surface area contributed by atoms with Gasteiger partial charge in [0.1, 0.15) is 0 Å². The molecule has 1 aliphatic heterocycles. The maximum absolute atomic E-state index is 5.65. The number of halogens is 1. The molecule has 0 aromatic carbocycles. The molecule has 0 fully saturated rings. The fourth-order valence-electron chi connectivity index (χ4n) is 0.434. The van der Waals surface area contributed by atoms with Gasteiger partial charge in [-0.2, -0.15) is 0 Å². The fraction of sp³-hybridized carbons (Fsp3) is 0. The second-order valence-electron chi connectivity index (χ2n) is 1.41. The van der Waals surface area contributed by atoms with Crippen LogP contribution in [0.4, 0.5) is 0 Å². The van der Waals surface area contributed by atoms with Gasteiger partial charge >= 0.3 is 0 Å². The third kappa shape index (κ3) is 1.81. The van der Waals surface area contributed by atoms with Crippen LogP contribution in [-0.2, 0) is 0 Å². The van der Waals surface area contributed by atoms with E-state index < -0.39 is 0 Å². The van der Waals surface area contributed by atoms with E-state index in [1.807, 2.05) is 18.2 Å². The molecule has 0 aromatic heterocycles. The van der Waals surface area contributed by atoms with Crippen molar-refractivity contribution in [1.29, 1.82) is 0 Å². The Morgan fingerprint density at radius 3 is 3.12 bits per heavy atom. The van der Waals surface area contributed by atoms with Gasteiger partial charge in [-0.25, -0.2) is 0 Å². The summed E-state index contributed by atoms with van der Waals surface area (Å²) in [6.45, 7) is 0. The van der Waals surface area contributed by atoms with Gasteiger partial charge in [-0.3, -0.25) is 0 Å². The van der Waals surface area contributed by atoms with E-state index in [0.29, 0.717) is 0 Å². The second-order valence-corrected chi connectivity index (χ2v) is 2.85. The van der Waals surface area contributed by atoms with Crippen molar-refractivity contribution >= 4 is 20.2 Å². The van der Waals surface area contributed by atoms with E-state index in [-0.39, 0.29) is 0 Å². The van der Waals surface area contributed by atoms with Crippen LogP contribution in [0.3, 0.4) is 0 Å². The molecule has 0 aromatic rings. The summed E-state index contributed by atoms with van der Waals surface area (Å²) in [6.07, 6.45) is 5.78. The van der Waals surface area contributed by atoms with E-state index >= 15 is 0 Å². The van der Waals surface area contributed by atoms with E-state index in [4.69, 9.17) is 11.6 Å². The van der Waals surface area contributed by atoms with Gasteiger partial charge in [-0.1, -0.05) is 37.9 Å². The highest BCUT2D eigenvalue weighted by atomic mass is 35.5. The molecule has 42 valence electrons. The second kappa shape index (κ2) is 3.06. The lowest BCUT2D eigenvalue weighted by Crippen LogP contribution is -1.53. The van der Waals surface area contributed by atoms with Crippen LogP contribution < -0.4 is 0 Å². The first-order valence-electron chi connectivity index (χ1n) is 2.34. The van der Waals surface area contributed by atoms with Gasteiger partial charge in [0.2, 0.25) is 0 Å². The van der Waals surface area contributed by atoms with Crippen molar-refractivity contribution in [2.45, 2.75) is 0 Å². The van der Waals surface area contributed by atoms with Crippen LogP contribution in [0, 0.1) is 0 Å². The van der Waals surface area contributed by atoms with E-state index in [0.717, 1.165) is 13.6 Å². The Hall–Kier alpha value is -0.0600. The topological polar surface area (TPSA) is 0 Å². The third-order valence-electron chi connectivity index (χ3n) is 0.787. The van der Waals surface area contributed by atoms with Crippen molar-refractivity contribution in [2.24, 2.45) is 0 Å². The Balaban J connectivity index is 2.73.